The quantitative estimate of drug-likeness (QED) is 0.315. The topological polar surface area (TPSA) is 73.2 Å². The molecule has 3 rings (SSSR count). The van der Waals surface area contributed by atoms with Gasteiger partial charge in [-0.05, 0) is 55.7 Å². The highest BCUT2D eigenvalue weighted by atomic mass is 35.5. The van der Waals surface area contributed by atoms with Crippen molar-refractivity contribution >= 4 is 45.9 Å². The Kier molecular flexibility index (Phi) is 7.53. The lowest BCUT2D eigenvalue weighted by Crippen LogP contribution is -2.25. The van der Waals surface area contributed by atoms with Crippen LogP contribution in [0.4, 0.5) is 5.69 Å². The molecule has 0 saturated carbocycles. The molecule has 0 aliphatic rings. The van der Waals surface area contributed by atoms with Crippen molar-refractivity contribution in [3.05, 3.63) is 62.9 Å². The number of carbonyl (C=O) groups excluding carboxylic acids is 1. The Morgan fingerprint density at radius 3 is 2.83 bits per heavy atom. The molecule has 0 fully saturated rings. The van der Waals surface area contributed by atoms with Crippen LogP contribution in [0.2, 0.25) is 5.02 Å². The molecule has 0 aliphatic carbocycles. The second-order valence-electron chi connectivity index (χ2n) is 6.94. The predicted molar refractivity (Wildman–Crippen MR) is 123 cm³/mol. The van der Waals surface area contributed by atoms with Gasteiger partial charge in [0, 0.05) is 31.0 Å². The molecule has 8 heteroatoms. The molecule has 30 heavy (non-hydrogen) atoms. The normalized spacial score (nSPS) is 11.1. The minimum absolute atomic E-state index is 0.135. The van der Waals surface area contributed by atoms with E-state index in [1.54, 1.807) is 29.9 Å². The molecule has 0 unspecified atom stereocenters. The number of hydrogen-bond donors (Lipinski definition) is 1. The van der Waals surface area contributed by atoms with Gasteiger partial charge in [0.1, 0.15) is 0 Å². The van der Waals surface area contributed by atoms with Crippen LogP contribution in [-0.4, -0.2) is 34.9 Å². The van der Waals surface area contributed by atoms with Gasteiger partial charge in [-0.1, -0.05) is 35.5 Å². The van der Waals surface area contributed by atoms with Gasteiger partial charge in [0.05, 0.1) is 16.7 Å². The third-order valence-corrected chi connectivity index (χ3v) is 6.04. The van der Waals surface area contributed by atoms with E-state index in [4.69, 9.17) is 16.3 Å². The summed E-state index contributed by atoms with van der Waals surface area (Å²) in [5.41, 5.74) is 3.31. The van der Waals surface area contributed by atoms with Gasteiger partial charge >= 0.3 is 0 Å². The van der Waals surface area contributed by atoms with E-state index in [1.165, 1.54) is 11.8 Å². The van der Waals surface area contributed by atoms with Gasteiger partial charge in [-0.2, -0.15) is 0 Å². The number of thioether (sulfide) groups is 1. The third-order valence-electron chi connectivity index (χ3n) is 4.82. The Hall–Kier alpha value is -2.35. The van der Waals surface area contributed by atoms with E-state index < -0.39 is 0 Å². The van der Waals surface area contributed by atoms with Crippen molar-refractivity contribution in [1.29, 1.82) is 0 Å². The summed E-state index contributed by atoms with van der Waals surface area (Å²) >= 11 is 7.31. The number of amides is 1. The number of anilines is 1. The largest absolute Gasteiger partial charge is 0.385 e. The lowest BCUT2D eigenvalue weighted by molar-refractivity contribution is -0.113. The molecular formula is C22H24ClN3O3S. The zero-order valence-corrected chi connectivity index (χ0v) is 18.8. The van der Waals surface area contributed by atoms with E-state index in [1.807, 2.05) is 32.0 Å². The average Bonchev–Trinajstić information content (AvgIpc) is 2.71. The minimum atomic E-state index is -0.155. The van der Waals surface area contributed by atoms with E-state index >= 15 is 0 Å². The molecule has 0 atom stereocenters. The molecule has 1 heterocycles. The Balaban J connectivity index is 1.84. The molecule has 0 bridgehead atoms. The smallest absolute Gasteiger partial charge is 0.262 e. The molecular weight excluding hydrogens is 422 g/mol. The first-order valence-electron chi connectivity index (χ1n) is 9.58. The Morgan fingerprint density at radius 1 is 1.27 bits per heavy atom. The molecule has 158 valence electrons. The molecule has 0 saturated heterocycles. The fraction of sp³-hybridized carbons (Fsp3) is 0.318. The van der Waals surface area contributed by atoms with Crippen LogP contribution < -0.4 is 10.9 Å². The number of nitrogens with one attached hydrogen (secondary N) is 1. The number of aryl methyl sites for hydroxylation is 1. The summed E-state index contributed by atoms with van der Waals surface area (Å²) in [6, 6.07) is 10.8. The van der Waals surface area contributed by atoms with Crippen LogP contribution in [0.15, 0.2) is 46.3 Å². The molecule has 1 amide bonds. The first-order chi connectivity index (χ1) is 14.4. The molecule has 3 aromatic rings. The van der Waals surface area contributed by atoms with Gasteiger partial charge in [0.2, 0.25) is 5.91 Å². The number of methoxy groups -OCH3 is 1. The zero-order valence-electron chi connectivity index (χ0n) is 17.2. The van der Waals surface area contributed by atoms with Crippen molar-refractivity contribution in [1.82, 2.24) is 9.55 Å². The average molecular weight is 446 g/mol. The molecule has 1 aromatic heterocycles. The van der Waals surface area contributed by atoms with Crippen molar-refractivity contribution in [3.63, 3.8) is 0 Å². The number of nitrogens with zero attached hydrogens (tertiary/aromatic N) is 2. The number of benzene rings is 2. The number of carbonyl (C=O) groups is 1. The second kappa shape index (κ2) is 10.1. The Labute approximate surface area is 184 Å². The molecule has 0 aliphatic heterocycles. The third kappa shape index (κ3) is 5.22. The zero-order chi connectivity index (χ0) is 21.7. The predicted octanol–water partition coefficient (Wildman–Crippen LogP) is 4.43. The van der Waals surface area contributed by atoms with Crippen LogP contribution in [0.1, 0.15) is 17.5 Å². The number of ether oxygens (including phenoxy) is 1. The summed E-state index contributed by atoms with van der Waals surface area (Å²) in [5.74, 6) is -0.0199. The fourth-order valence-corrected chi connectivity index (χ4v) is 4.04. The highest BCUT2D eigenvalue weighted by Crippen LogP contribution is 2.22. The summed E-state index contributed by atoms with van der Waals surface area (Å²) in [7, 11) is 1.62. The van der Waals surface area contributed by atoms with Crippen LogP contribution in [-0.2, 0) is 16.1 Å². The van der Waals surface area contributed by atoms with Crippen LogP contribution in [0, 0.1) is 13.8 Å². The number of aromatic nitrogens is 2. The number of fused-ring (bicyclic) bond motifs is 1. The van der Waals surface area contributed by atoms with Gasteiger partial charge in [0.25, 0.3) is 5.56 Å². The Bertz CT molecular complexity index is 1130. The van der Waals surface area contributed by atoms with Crippen LogP contribution in [0.3, 0.4) is 0 Å². The van der Waals surface area contributed by atoms with Gasteiger partial charge in [-0.3, -0.25) is 14.2 Å². The van der Waals surface area contributed by atoms with Crippen molar-refractivity contribution < 1.29 is 9.53 Å². The van der Waals surface area contributed by atoms with E-state index in [2.05, 4.69) is 10.3 Å². The van der Waals surface area contributed by atoms with Gasteiger partial charge < -0.3 is 10.1 Å². The van der Waals surface area contributed by atoms with Crippen molar-refractivity contribution in [2.24, 2.45) is 0 Å². The number of halogens is 1. The first kappa shape index (κ1) is 22.3. The first-order valence-corrected chi connectivity index (χ1v) is 10.9. The standard InChI is InChI=1S/C22H24ClN3O3S/c1-14-6-4-7-18(15(14)2)24-20(27)13-30-22-25-19-12-16(23)8-9-17(19)21(28)26(22)10-5-11-29-3/h4,6-9,12H,5,10-11,13H2,1-3H3,(H,24,27). The summed E-state index contributed by atoms with van der Waals surface area (Å²) in [5, 5.41) is 4.44. The van der Waals surface area contributed by atoms with E-state index in [0.29, 0.717) is 40.7 Å². The van der Waals surface area contributed by atoms with Crippen molar-refractivity contribution in [2.45, 2.75) is 32.0 Å². The highest BCUT2D eigenvalue weighted by molar-refractivity contribution is 7.99. The fourth-order valence-electron chi connectivity index (χ4n) is 3.05. The minimum Gasteiger partial charge on any atom is -0.385 e. The maximum Gasteiger partial charge on any atom is 0.262 e. The summed E-state index contributed by atoms with van der Waals surface area (Å²) in [6.07, 6.45) is 0.666. The molecule has 2 aromatic carbocycles. The van der Waals surface area contributed by atoms with E-state index in [0.717, 1.165) is 16.8 Å². The maximum absolute atomic E-state index is 13.0. The number of rotatable bonds is 8. The van der Waals surface area contributed by atoms with Crippen LogP contribution >= 0.6 is 23.4 Å². The number of hydrogen-bond acceptors (Lipinski definition) is 5. The van der Waals surface area contributed by atoms with Crippen LogP contribution in [0.5, 0.6) is 0 Å². The van der Waals surface area contributed by atoms with Crippen LogP contribution in [0.25, 0.3) is 10.9 Å². The van der Waals surface area contributed by atoms with Gasteiger partial charge in [-0.15, -0.1) is 0 Å². The van der Waals surface area contributed by atoms with Gasteiger partial charge in [0.15, 0.2) is 5.16 Å². The lowest BCUT2D eigenvalue weighted by atomic mass is 10.1. The molecule has 1 N–H and O–H groups in total. The maximum atomic E-state index is 13.0. The molecule has 6 nitrogen and oxygen atoms in total. The summed E-state index contributed by atoms with van der Waals surface area (Å²) < 4.78 is 6.71. The monoisotopic (exact) mass is 445 g/mol. The van der Waals surface area contributed by atoms with E-state index in [-0.39, 0.29) is 17.2 Å². The SMILES string of the molecule is COCCCn1c(SCC(=O)Nc2cccc(C)c2C)nc2cc(Cl)ccc2c1=O. The van der Waals surface area contributed by atoms with E-state index in [9.17, 15) is 9.59 Å². The lowest BCUT2D eigenvalue weighted by Gasteiger charge is -2.14. The van der Waals surface area contributed by atoms with Gasteiger partial charge in [-0.25, -0.2) is 4.98 Å². The molecule has 0 spiro atoms. The Morgan fingerprint density at radius 2 is 2.07 bits per heavy atom. The second-order valence-corrected chi connectivity index (χ2v) is 8.32. The van der Waals surface area contributed by atoms with Crippen molar-refractivity contribution in [2.75, 3.05) is 24.8 Å². The summed E-state index contributed by atoms with van der Waals surface area (Å²) in [6.45, 7) is 4.96. The summed E-state index contributed by atoms with van der Waals surface area (Å²) in [4.78, 5) is 30.1. The van der Waals surface area contributed by atoms with Crippen molar-refractivity contribution in [3.8, 4) is 0 Å². The molecule has 0 radical (unpaired) electrons. The highest BCUT2D eigenvalue weighted by Gasteiger charge is 2.14.